The fourth-order valence-corrected chi connectivity index (χ4v) is 5.19. The first-order chi connectivity index (χ1) is 15.7. The van der Waals surface area contributed by atoms with Crippen LogP contribution >= 0.6 is 66.8 Å². The SMILES string of the molecule is Cc1cc(C)nc(SCC(=O)N/N=C\c2cc(Br)c(OCc3ccc(Cl)c(Cl)c3)c(Br)c2)n1. The Morgan fingerprint density at radius 3 is 2.39 bits per heavy atom. The number of benzene rings is 2. The Balaban J connectivity index is 1.55. The van der Waals surface area contributed by atoms with Crippen molar-refractivity contribution in [3.05, 3.63) is 77.9 Å². The van der Waals surface area contributed by atoms with Gasteiger partial charge in [0, 0.05) is 11.4 Å². The number of amides is 1. The maximum atomic E-state index is 12.1. The Morgan fingerprint density at radius 2 is 1.76 bits per heavy atom. The minimum absolute atomic E-state index is 0.162. The Hall–Kier alpha value is -1.65. The van der Waals surface area contributed by atoms with Crippen LogP contribution in [0.15, 0.2) is 55.6 Å². The van der Waals surface area contributed by atoms with Gasteiger partial charge in [-0.05, 0) is 87.2 Å². The van der Waals surface area contributed by atoms with E-state index in [9.17, 15) is 4.79 Å². The van der Waals surface area contributed by atoms with Crippen molar-refractivity contribution in [2.75, 3.05) is 5.75 Å². The van der Waals surface area contributed by atoms with Gasteiger partial charge in [0.2, 0.25) is 0 Å². The van der Waals surface area contributed by atoms with E-state index in [1.807, 2.05) is 38.1 Å². The summed E-state index contributed by atoms with van der Waals surface area (Å²) in [6.07, 6.45) is 1.55. The molecule has 0 fully saturated rings. The van der Waals surface area contributed by atoms with Crippen LogP contribution in [0.25, 0.3) is 0 Å². The van der Waals surface area contributed by atoms with Gasteiger partial charge in [-0.1, -0.05) is 41.0 Å². The highest BCUT2D eigenvalue weighted by molar-refractivity contribution is 9.11. The summed E-state index contributed by atoms with van der Waals surface area (Å²) in [6.45, 7) is 4.10. The number of hydrogen-bond donors (Lipinski definition) is 1. The second kappa shape index (κ2) is 12.2. The van der Waals surface area contributed by atoms with E-state index in [1.165, 1.54) is 11.8 Å². The van der Waals surface area contributed by atoms with E-state index in [0.717, 1.165) is 31.5 Å². The van der Waals surface area contributed by atoms with Gasteiger partial charge in [-0.15, -0.1) is 0 Å². The van der Waals surface area contributed by atoms with E-state index in [1.54, 1.807) is 18.3 Å². The maximum Gasteiger partial charge on any atom is 0.250 e. The van der Waals surface area contributed by atoms with E-state index in [2.05, 4.69) is 52.4 Å². The third-order valence-corrected chi connectivity index (χ3v) is 6.85. The molecule has 0 aliphatic rings. The largest absolute Gasteiger partial charge is 0.487 e. The molecule has 1 amide bonds. The predicted molar refractivity (Wildman–Crippen MR) is 141 cm³/mol. The van der Waals surface area contributed by atoms with Gasteiger partial charge in [0.15, 0.2) is 5.16 Å². The van der Waals surface area contributed by atoms with E-state index in [-0.39, 0.29) is 11.7 Å². The second-order valence-corrected chi connectivity index (χ2v) is 10.3. The third-order valence-electron chi connectivity index (χ3n) is 4.08. The number of halogens is 4. The highest BCUT2D eigenvalue weighted by Gasteiger charge is 2.10. The molecule has 0 saturated heterocycles. The van der Waals surface area contributed by atoms with Gasteiger partial charge in [-0.2, -0.15) is 5.10 Å². The van der Waals surface area contributed by atoms with Gasteiger partial charge in [0.05, 0.1) is 31.0 Å². The van der Waals surface area contributed by atoms with Gasteiger partial charge in [0.25, 0.3) is 5.91 Å². The number of carbonyl (C=O) groups is 1. The summed E-state index contributed by atoms with van der Waals surface area (Å²) in [7, 11) is 0. The van der Waals surface area contributed by atoms with Crippen LogP contribution in [0.5, 0.6) is 5.75 Å². The Kier molecular flexibility index (Phi) is 9.57. The van der Waals surface area contributed by atoms with Crippen molar-refractivity contribution >= 4 is 78.9 Å². The van der Waals surface area contributed by atoms with Crippen molar-refractivity contribution < 1.29 is 9.53 Å². The molecule has 0 aliphatic carbocycles. The molecule has 3 rings (SSSR count). The summed E-state index contributed by atoms with van der Waals surface area (Å²) >= 11 is 20.3. The lowest BCUT2D eigenvalue weighted by Gasteiger charge is -2.12. The van der Waals surface area contributed by atoms with E-state index < -0.39 is 0 Å². The molecule has 11 heteroatoms. The fourth-order valence-electron chi connectivity index (χ4n) is 2.68. The topological polar surface area (TPSA) is 76.5 Å². The molecule has 1 heterocycles. The molecule has 2 aromatic carbocycles. The molecule has 6 nitrogen and oxygen atoms in total. The summed E-state index contributed by atoms with van der Waals surface area (Å²) in [5.74, 6) is 0.542. The Labute approximate surface area is 222 Å². The number of thioether (sulfide) groups is 1. The molecule has 0 saturated carbocycles. The van der Waals surface area contributed by atoms with Crippen LogP contribution in [0.2, 0.25) is 10.0 Å². The summed E-state index contributed by atoms with van der Waals surface area (Å²) in [6, 6.07) is 10.9. The van der Waals surface area contributed by atoms with Gasteiger partial charge in [-0.25, -0.2) is 15.4 Å². The van der Waals surface area contributed by atoms with Crippen LogP contribution in [0.4, 0.5) is 0 Å². The van der Waals surface area contributed by atoms with E-state index in [4.69, 9.17) is 27.9 Å². The lowest BCUT2D eigenvalue weighted by Crippen LogP contribution is -2.19. The van der Waals surface area contributed by atoms with Crippen molar-refractivity contribution in [1.29, 1.82) is 0 Å². The normalized spacial score (nSPS) is 11.1. The van der Waals surface area contributed by atoms with Crippen molar-refractivity contribution in [3.63, 3.8) is 0 Å². The smallest absolute Gasteiger partial charge is 0.250 e. The monoisotopic (exact) mass is 630 g/mol. The molecule has 0 bridgehead atoms. The minimum Gasteiger partial charge on any atom is -0.487 e. The third kappa shape index (κ3) is 7.96. The number of nitrogens with zero attached hydrogens (tertiary/aromatic N) is 3. The lowest BCUT2D eigenvalue weighted by molar-refractivity contribution is -0.118. The van der Waals surface area contributed by atoms with Gasteiger partial charge >= 0.3 is 0 Å². The van der Waals surface area contributed by atoms with Crippen LogP contribution in [-0.2, 0) is 11.4 Å². The first-order valence-corrected chi connectivity index (χ1v) is 12.9. The summed E-state index contributed by atoms with van der Waals surface area (Å²) < 4.78 is 7.37. The Morgan fingerprint density at radius 1 is 1.09 bits per heavy atom. The summed E-state index contributed by atoms with van der Waals surface area (Å²) in [5.41, 5.74) is 5.89. The molecule has 3 aromatic rings. The van der Waals surface area contributed by atoms with Crippen LogP contribution in [0.1, 0.15) is 22.5 Å². The predicted octanol–water partition coefficient (Wildman–Crippen LogP) is 6.75. The number of ether oxygens (including phenoxy) is 1. The van der Waals surface area contributed by atoms with Crippen LogP contribution < -0.4 is 10.2 Å². The number of carbonyl (C=O) groups excluding carboxylic acids is 1. The molecule has 172 valence electrons. The zero-order valence-electron chi connectivity index (χ0n) is 17.5. The number of aromatic nitrogens is 2. The maximum absolute atomic E-state index is 12.1. The molecule has 1 aromatic heterocycles. The van der Waals surface area contributed by atoms with Crippen molar-refractivity contribution in [2.45, 2.75) is 25.6 Å². The number of aryl methyl sites for hydroxylation is 2. The zero-order valence-corrected chi connectivity index (χ0v) is 23.0. The van der Waals surface area contributed by atoms with E-state index >= 15 is 0 Å². The fraction of sp³-hybridized carbons (Fsp3) is 0.182. The van der Waals surface area contributed by atoms with E-state index in [0.29, 0.717) is 27.6 Å². The molecule has 0 spiro atoms. The average molecular weight is 633 g/mol. The summed E-state index contributed by atoms with van der Waals surface area (Å²) in [5, 5.41) is 5.56. The average Bonchev–Trinajstić information content (AvgIpc) is 2.73. The lowest BCUT2D eigenvalue weighted by atomic mass is 10.2. The van der Waals surface area contributed by atoms with Crippen molar-refractivity contribution in [1.82, 2.24) is 15.4 Å². The number of rotatable bonds is 8. The molecule has 1 N–H and O–H groups in total. The molecule has 33 heavy (non-hydrogen) atoms. The minimum atomic E-state index is -0.251. The molecule has 0 unspecified atom stereocenters. The summed E-state index contributed by atoms with van der Waals surface area (Å²) in [4.78, 5) is 20.7. The van der Waals surface area contributed by atoms with Gasteiger partial charge in [-0.3, -0.25) is 4.79 Å². The molecule has 0 aliphatic heterocycles. The second-order valence-electron chi connectivity index (χ2n) is 6.87. The van der Waals surface area contributed by atoms with Crippen LogP contribution in [0, 0.1) is 13.8 Å². The first-order valence-electron chi connectivity index (χ1n) is 9.54. The highest BCUT2D eigenvalue weighted by Crippen LogP contribution is 2.35. The molecule has 0 atom stereocenters. The quantitative estimate of drug-likeness (QED) is 0.129. The highest BCUT2D eigenvalue weighted by atomic mass is 79.9. The van der Waals surface area contributed by atoms with Crippen molar-refractivity contribution in [2.24, 2.45) is 5.10 Å². The van der Waals surface area contributed by atoms with Gasteiger partial charge < -0.3 is 4.74 Å². The molecular weight excluding hydrogens is 615 g/mol. The molecular formula is C22H18Br2Cl2N4O2S. The first kappa shape index (κ1) is 26.0. The van der Waals surface area contributed by atoms with Crippen LogP contribution in [0.3, 0.4) is 0 Å². The molecule has 0 radical (unpaired) electrons. The standard InChI is InChI=1S/C22H18Br2Cl2N4O2S/c1-12-5-13(2)29-22(28-12)33-11-20(31)30-27-9-15-6-16(23)21(17(24)7-15)32-10-14-3-4-18(25)19(26)8-14/h3-9H,10-11H2,1-2H3,(H,30,31)/b27-9-. The Bertz CT molecular complexity index is 1170. The number of nitrogens with one attached hydrogen (secondary N) is 1. The zero-order chi connectivity index (χ0) is 24.0. The number of hydrogen-bond acceptors (Lipinski definition) is 6. The van der Waals surface area contributed by atoms with Crippen molar-refractivity contribution in [3.8, 4) is 5.75 Å². The van der Waals surface area contributed by atoms with Gasteiger partial charge in [0.1, 0.15) is 12.4 Å². The van der Waals surface area contributed by atoms with Crippen LogP contribution in [-0.4, -0.2) is 27.8 Å². The number of hydrazone groups is 1.